The van der Waals surface area contributed by atoms with Gasteiger partial charge in [0.2, 0.25) is 0 Å². The molecule has 0 saturated heterocycles. The van der Waals surface area contributed by atoms with Crippen LogP contribution in [0.3, 0.4) is 0 Å². The number of carbonyl (C=O) groups is 1. The predicted molar refractivity (Wildman–Crippen MR) is 89.5 cm³/mol. The van der Waals surface area contributed by atoms with Crippen molar-refractivity contribution in [1.29, 1.82) is 0 Å². The largest absolute Gasteiger partial charge is 0.447 e. The van der Waals surface area contributed by atoms with E-state index in [-0.39, 0.29) is 12.5 Å². The van der Waals surface area contributed by atoms with Crippen molar-refractivity contribution in [3.05, 3.63) is 50.8 Å². The zero-order valence-corrected chi connectivity index (χ0v) is 14.4. The van der Waals surface area contributed by atoms with Crippen LogP contribution >= 0.6 is 31.9 Å². The second-order valence-corrected chi connectivity index (χ2v) is 5.86. The third-order valence-corrected chi connectivity index (χ3v) is 4.26. The molecule has 1 amide bonds. The Labute approximate surface area is 139 Å². The van der Waals surface area contributed by atoms with Gasteiger partial charge in [-0.05, 0) is 50.9 Å². The summed E-state index contributed by atoms with van der Waals surface area (Å²) < 4.78 is 6.66. The van der Waals surface area contributed by atoms with Gasteiger partial charge in [0.1, 0.15) is 5.76 Å². The minimum atomic E-state index is -0.239. The first-order valence-electron chi connectivity index (χ1n) is 6.12. The van der Waals surface area contributed by atoms with Crippen molar-refractivity contribution in [2.24, 2.45) is 5.10 Å². The van der Waals surface area contributed by atoms with E-state index in [1.807, 2.05) is 31.2 Å². The van der Waals surface area contributed by atoms with E-state index in [0.29, 0.717) is 10.4 Å². The summed E-state index contributed by atoms with van der Waals surface area (Å²) in [5.41, 5.74) is 4.48. The smallest absolute Gasteiger partial charge is 0.259 e. The fourth-order valence-corrected chi connectivity index (χ4v) is 2.10. The van der Waals surface area contributed by atoms with Gasteiger partial charge >= 0.3 is 0 Å². The Morgan fingerprint density at radius 1 is 1.33 bits per heavy atom. The highest BCUT2D eigenvalue weighted by Crippen LogP contribution is 2.25. The molecular weight excluding hydrogens is 402 g/mol. The number of hydrogen-bond donors (Lipinski definition) is 2. The standard InChI is InChI=1S/C14H13Br2N3O2/c1-9-2-4-10(5-3-9)17-8-13(20)19-18-7-11-6-12(15)14(16)21-11/h2-7,17H,8H2,1H3,(H,19,20). The molecule has 0 atom stereocenters. The first-order chi connectivity index (χ1) is 10.0. The topological polar surface area (TPSA) is 66.6 Å². The predicted octanol–water partition coefficient (Wildman–Crippen LogP) is 3.68. The number of benzene rings is 1. The van der Waals surface area contributed by atoms with E-state index in [4.69, 9.17) is 4.42 Å². The summed E-state index contributed by atoms with van der Waals surface area (Å²) in [4.78, 5) is 11.6. The van der Waals surface area contributed by atoms with Crippen molar-refractivity contribution < 1.29 is 9.21 Å². The summed E-state index contributed by atoms with van der Waals surface area (Å²) in [6, 6.07) is 9.54. The van der Waals surface area contributed by atoms with E-state index in [0.717, 1.165) is 10.2 Å². The lowest BCUT2D eigenvalue weighted by Gasteiger charge is -2.05. The highest BCUT2D eigenvalue weighted by atomic mass is 79.9. The Kier molecular flexibility index (Phi) is 5.58. The summed E-state index contributed by atoms with van der Waals surface area (Å²) in [6.07, 6.45) is 1.43. The molecule has 110 valence electrons. The van der Waals surface area contributed by atoms with E-state index in [2.05, 4.69) is 47.7 Å². The Morgan fingerprint density at radius 2 is 2.05 bits per heavy atom. The highest BCUT2D eigenvalue weighted by Gasteiger charge is 2.04. The lowest BCUT2D eigenvalue weighted by atomic mass is 10.2. The van der Waals surface area contributed by atoms with Crippen LogP contribution in [0.5, 0.6) is 0 Å². The molecule has 1 aromatic heterocycles. The monoisotopic (exact) mass is 413 g/mol. The van der Waals surface area contributed by atoms with Crippen molar-refractivity contribution in [2.45, 2.75) is 6.92 Å². The molecule has 5 nitrogen and oxygen atoms in total. The van der Waals surface area contributed by atoms with Crippen molar-refractivity contribution in [1.82, 2.24) is 5.43 Å². The van der Waals surface area contributed by atoms with E-state index >= 15 is 0 Å². The van der Waals surface area contributed by atoms with E-state index in [1.165, 1.54) is 11.8 Å². The number of anilines is 1. The average molecular weight is 415 g/mol. The van der Waals surface area contributed by atoms with Crippen LogP contribution in [0.2, 0.25) is 0 Å². The number of amides is 1. The first-order valence-corrected chi connectivity index (χ1v) is 7.70. The maximum atomic E-state index is 11.6. The molecule has 2 rings (SSSR count). The van der Waals surface area contributed by atoms with Crippen LogP contribution in [0.25, 0.3) is 0 Å². The molecule has 0 unspecified atom stereocenters. The Morgan fingerprint density at radius 3 is 2.67 bits per heavy atom. The molecule has 0 aliphatic carbocycles. The zero-order chi connectivity index (χ0) is 15.2. The lowest BCUT2D eigenvalue weighted by Crippen LogP contribution is -2.25. The highest BCUT2D eigenvalue weighted by molar-refractivity contribution is 9.13. The molecule has 0 fully saturated rings. The minimum absolute atomic E-state index is 0.145. The van der Waals surface area contributed by atoms with E-state index in [1.54, 1.807) is 6.07 Å². The molecule has 0 aliphatic rings. The number of hydrogen-bond acceptors (Lipinski definition) is 4. The van der Waals surface area contributed by atoms with Crippen LogP contribution in [0.4, 0.5) is 5.69 Å². The van der Waals surface area contributed by atoms with Crippen molar-refractivity contribution in [3.8, 4) is 0 Å². The average Bonchev–Trinajstić information content (AvgIpc) is 2.77. The van der Waals surface area contributed by atoms with Gasteiger partial charge in [-0.1, -0.05) is 17.7 Å². The molecule has 0 aliphatic heterocycles. The van der Waals surface area contributed by atoms with Gasteiger partial charge in [-0.25, -0.2) is 5.43 Å². The summed E-state index contributed by atoms with van der Waals surface area (Å²) in [7, 11) is 0. The van der Waals surface area contributed by atoms with Crippen LogP contribution in [0.1, 0.15) is 11.3 Å². The maximum Gasteiger partial charge on any atom is 0.259 e. The van der Waals surface area contributed by atoms with Gasteiger partial charge in [-0.3, -0.25) is 4.79 Å². The minimum Gasteiger partial charge on any atom is -0.447 e. The summed E-state index contributed by atoms with van der Waals surface area (Å²) >= 11 is 6.51. The molecule has 0 bridgehead atoms. The SMILES string of the molecule is Cc1ccc(NCC(=O)NN=Cc2cc(Br)c(Br)o2)cc1. The van der Waals surface area contributed by atoms with Gasteiger partial charge in [0.25, 0.3) is 5.91 Å². The van der Waals surface area contributed by atoms with Crippen LogP contribution in [-0.2, 0) is 4.79 Å². The number of rotatable bonds is 5. The fraction of sp³-hybridized carbons (Fsp3) is 0.143. The molecule has 1 aromatic carbocycles. The first kappa shape index (κ1) is 15.8. The second-order valence-electron chi connectivity index (χ2n) is 4.28. The molecule has 1 heterocycles. The molecule has 0 saturated carbocycles. The summed E-state index contributed by atoms with van der Waals surface area (Å²) in [5, 5.41) is 6.83. The number of carbonyl (C=O) groups excluding carboxylic acids is 1. The molecule has 7 heteroatoms. The quantitative estimate of drug-likeness (QED) is 0.579. The number of nitrogens with zero attached hydrogens (tertiary/aromatic N) is 1. The third-order valence-electron chi connectivity index (χ3n) is 2.55. The van der Waals surface area contributed by atoms with Crippen molar-refractivity contribution >= 4 is 49.7 Å². The van der Waals surface area contributed by atoms with Crippen LogP contribution in [0.15, 0.2) is 49.0 Å². The van der Waals surface area contributed by atoms with Gasteiger partial charge in [0.05, 0.1) is 17.2 Å². The number of hydrazone groups is 1. The second kappa shape index (κ2) is 7.42. The number of furan rings is 1. The van der Waals surface area contributed by atoms with Gasteiger partial charge in [0, 0.05) is 11.8 Å². The fourth-order valence-electron chi connectivity index (χ4n) is 1.49. The summed E-state index contributed by atoms with van der Waals surface area (Å²) in [5.74, 6) is 0.289. The maximum absolute atomic E-state index is 11.6. The van der Waals surface area contributed by atoms with Gasteiger partial charge in [-0.15, -0.1) is 0 Å². The van der Waals surface area contributed by atoms with Gasteiger partial charge < -0.3 is 9.73 Å². The Balaban J connectivity index is 1.78. The number of halogens is 2. The third kappa shape index (κ3) is 5.02. The molecule has 2 aromatic rings. The molecule has 2 N–H and O–H groups in total. The number of aryl methyl sites for hydroxylation is 1. The number of nitrogens with one attached hydrogen (secondary N) is 2. The van der Waals surface area contributed by atoms with Gasteiger partial charge in [-0.2, -0.15) is 5.10 Å². The summed E-state index contributed by atoms with van der Waals surface area (Å²) in [6.45, 7) is 2.16. The Bertz CT molecular complexity index is 631. The lowest BCUT2D eigenvalue weighted by molar-refractivity contribution is -0.119. The molecule has 0 spiro atoms. The molecule has 21 heavy (non-hydrogen) atoms. The van der Waals surface area contributed by atoms with Crippen LogP contribution in [0, 0.1) is 6.92 Å². The van der Waals surface area contributed by atoms with E-state index < -0.39 is 0 Å². The van der Waals surface area contributed by atoms with Crippen molar-refractivity contribution in [3.63, 3.8) is 0 Å². The Hall–Kier alpha value is -1.60. The van der Waals surface area contributed by atoms with Gasteiger partial charge in [0.15, 0.2) is 4.67 Å². The zero-order valence-electron chi connectivity index (χ0n) is 11.2. The normalized spacial score (nSPS) is 10.8. The molecular formula is C14H13Br2N3O2. The van der Waals surface area contributed by atoms with Crippen molar-refractivity contribution in [2.75, 3.05) is 11.9 Å². The van der Waals surface area contributed by atoms with Crippen LogP contribution < -0.4 is 10.7 Å². The van der Waals surface area contributed by atoms with E-state index in [9.17, 15) is 4.79 Å². The van der Waals surface area contributed by atoms with Crippen LogP contribution in [-0.4, -0.2) is 18.7 Å². The molecule has 0 radical (unpaired) electrons.